The summed E-state index contributed by atoms with van der Waals surface area (Å²) in [5.41, 5.74) is 2.59. The molecule has 0 bridgehead atoms. The Bertz CT molecular complexity index is 814. The van der Waals surface area contributed by atoms with E-state index in [9.17, 15) is 13.6 Å². The molecule has 2 heterocycles. The molecule has 24 heavy (non-hydrogen) atoms. The zero-order chi connectivity index (χ0) is 16.9. The summed E-state index contributed by atoms with van der Waals surface area (Å²) in [4.78, 5) is 16.1. The van der Waals surface area contributed by atoms with Gasteiger partial charge in [0.1, 0.15) is 11.6 Å². The first-order valence-corrected chi connectivity index (χ1v) is 8.06. The predicted molar refractivity (Wildman–Crippen MR) is 83.6 cm³/mol. The van der Waals surface area contributed by atoms with Crippen LogP contribution in [0.1, 0.15) is 21.7 Å². The van der Waals surface area contributed by atoms with Gasteiger partial charge in [-0.15, -0.1) is 16.4 Å². The van der Waals surface area contributed by atoms with Crippen molar-refractivity contribution in [2.24, 2.45) is 0 Å². The van der Waals surface area contributed by atoms with Gasteiger partial charge in [0, 0.05) is 23.9 Å². The Kier molecular flexibility index (Phi) is 4.90. The highest BCUT2D eigenvalue weighted by atomic mass is 32.1. The van der Waals surface area contributed by atoms with E-state index >= 15 is 0 Å². The van der Waals surface area contributed by atoms with Crippen LogP contribution in [-0.4, -0.2) is 32.4 Å². The molecule has 124 valence electrons. The molecule has 0 saturated carbocycles. The van der Waals surface area contributed by atoms with Gasteiger partial charge >= 0.3 is 0 Å². The number of aromatic nitrogens is 4. The maximum atomic E-state index is 13.6. The fraction of sp³-hybridized carbons (Fsp3) is 0.200. The van der Waals surface area contributed by atoms with E-state index in [1.165, 1.54) is 40.4 Å². The summed E-state index contributed by atoms with van der Waals surface area (Å²) in [5.74, 6) is -1.73. The van der Waals surface area contributed by atoms with E-state index in [-0.39, 0.29) is 17.8 Å². The zero-order valence-corrected chi connectivity index (χ0v) is 13.3. The van der Waals surface area contributed by atoms with Crippen molar-refractivity contribution in [3.8, 4) is 0 Å². The van der Waals surface area contributed by atoms with E-state index in [2.05, 4.69) is 20.6 Å². The minimum Gasteiger partial charge on any atom is -0.350 e. The fourth-order valence-corrected chi connectivity index (χ4v) is 2.67. The Morgan fingerprint density at radius 1 is 1.29 bits per heavy atom. The van der Waals surface area contributed by atoms with Crippen LogP contribution in [0.15, 0.2) is 35.3 Å². The molecule has 2 aromatic heterocycles. The van der Waals surface area contributed by atoms with E-state index < -0.39 is 17.5 Å². The Morgan fingerprint density at radius 3 is 2.79 bits per heavy atom. The lowest BCUT2D eigenvalue weighted by atomic mass is 10.2. The first kappa shape index (κ1) is 16.2. The SMILES string of the molecule is O=C(NCCc1cscn1)c1cn(Cc2c(F)cccc2F)nn1. The Balaban J connectivity index is 1.59. The molecule has 1 aromatic carbocycles. The lowest BCUT2D eigenvalue weighted by molar-refractivity contribution is 0.0949. The van der Waals surface area contributed by atoms with Gasteiger partial charge in [-0.05, 0) is 12.1 Å². The van der Waals surface area contributed by atoms with Crippen molar-refractivity contribution in [2.75, 3.05) is 6.54 Å². The van der Waals surface area contributed by atoms with Gasteiger partial charge in [-0.2, -0.15) is 0 Å². The molecular weight excluding hydrogens is 336 g/mol. The fourth-order valence-electron chi connectivity index (χ4n) is 2.08. The third-order valence-electron chi connectivity index (χ3n) is 3.30. The Hall–Kier alpha value is -2.68. The van der Waals surface area contributed by atoms with Crippen molar-refractivity contribution in [3.05, 3.63) is 63.9 Å². The molecule has 0 aliphatic heterocycles. The highest BCUT2D eigenvalue weighted by Crippen LogP contribution is 2.13. The number of thiazole rings is 1. The summed E-state index contributed by atoms with van der Waals surface area (Å²) < 4.78 is 28.5. The molecule has 0 unspecified atom stereocenters. The molecule has 3 aromatic rings. The Labute approximate surface area is 140 Å². The maximum absolute atomic E-state index is 13.6. The molecule has 0 aliphatic rings. The number of nitrogens with one attached hydrogen (secondary N) is 1. The van der Waals surface area contributed by atoms with Crippen LogP contribution in [0, 0.1) is 11.6 Å². The summed E-state index contributed by atoms with van der Waals surface area (Å²) in [6.07, 6.45) is 1.97. The number of carbonyl (C=O) groups excluding carboxylic acids is 1. The quantitative estimate of drug-likeness (QED) is 0.739. The van der Waals surface area contributed by atoms with E-state index in [4.69, 9.17) is 0 Å². The number of halogens is 2. The van der Waals surface area contributed by atoms with Crippen LogP contribution in [-0.2, 0) is 13.0 Å². The first-order valence-electron chi connectivity index (χ1n) is 7.12. The van der Waals surface area contributed by atoms with Crippen molar-refractivity contribution in [3.63, 3.8) is 0 Å². The summed E-state index contributed by atoms with van der Waals surface area (Å²) in [6, 6.07) is 3.62. The topological polar surface area (TPSA) is 72.7 Å². The molecule has 3 rings (SSSR count). The second-order valence-corrected chi connectivity index (χ2v) is 5.71. The average molecular weight is 349 g/mol. The maximum Gasteiger partial charge on any atom is 0.273 e. The monoisotopic (exact) mass is 349 g/mol. The number of benzene rings is 1. The molecule has 9 heteroatoms. The van der Waals surface area contributed by atoms with Crippen LogP contribution < -0.4 is 5.32 Å². The molecule has 0 aliphatic carbocycles. The second kappa shape index (κ2) is 7.26. The van der Waals surface area contributed by atoms with E-state index in [0.29, 0.717) is 13.0 Å². The minimum absolute atomic E-state index is 0.0880. The highest BCUT2D eigenvalue weighted by Gasteiger charge is 2.13. The molecule has 6 nitrogen and oxygen atoms in total. The third-order valence-corrected chi connectivity index (χ3v) is 3.94. The minimum atomic E-state index is -0.667. The third kappa shape index (κ3) is 3.80. The summed E-state index contributed by atoms with van der Waals surface area (Å²) in [7, 11) is 0. The largest absolute Gasteiger partial charge is 0.350 e. The van der Waals surface area contributed by atoms with Crippen LogP contribution in [0.2, 0.25) is 0 Å². The second-order valence-electron chi connectivity index (χ2n) is 4.99. The average Bonchev–Trinajstić information content (AvgIpc) is 3.23. The molecule has 1 amide bonds. The van der Waals surface area contributed by atoms with Gasteiger partial charge in [0.15, 0.2) is 5.69 Å². The van der Waals surface area contributed by atoms with E-state index in [1.807, 2.05) is 5.38 Å². The van der Waals surface area contributed by atoms with E-state index in [1.54, 1.807) is 5.51 Å². The van der Waals surface area contributed by atoms with Gasteiger partial charge in [-0.25, -0.2) is 18.4 Å². The predicted octanol–water partition coefficient (Wildman–Crippen LogP) is 2.03. The van der Waals surface area contributed by atoms with Gasteiger partial charge < -0.3 is 5.32 Å². The van der Waals surface area contributed by atoms with Crippen LogP contribution >= 0.6 is 11.3 Å². The molecule has 0 atom stereocenters. The number of carbonyl (C=O) groups is 1. The number of rotatable bonds is 6. The molecule has 0 spiro atoms. The van der Waals surface area contributed by atoms with E-state index in [0.717, 1.165) is 5.69 Å². The number of nitrogens with zero attached hydrogens (tertiary/aromatic N) is 4. The number of hydrogen-bond donors (Lipinski definition) is 1. The van der Waals surface area contributed by atoms with Crippen molar-refractivity contribution in [1.82, 2.24) is 25.3 Å². The first-order chi connectivity index (χ1) is 11.6. The van der Waals surface area contributed by atoms with Gasteiger partial charge in [0.2, 0.25) is 0 Å². The normalized spacial score (nSPS) is 10.8. The van der Waals surface area contributed by atoms with Crippen LogP contribution in [0.5, 0.6) is 0 Å². The van der Waals surface area contributed by atoms with Crippen LogP contribution in [0.3, 0.4) is 0 Å². The van der Waals surface area contributed by atoms with Crippen molar-refractivity contribution < 1.29 is 13.6 Å². The smallest absolute Gasteiger partial charge is 0.273 e. The van der Waals surface area contributed by atoms with Crippen molar-refractivity contribution in [1.29, 1.82) is 0 Å². The molecule has 0 saturated heterocycles. The lowest BCUT2D eigenvalue weighted by Gasteiger charge is -2.04. The number of amides is 1. The molecule has 0 radical (unpaired) electrons. The van der Waals surface area contributed by atoms with Gasteiger partial charge in [-0.1, -0.05) is 11.3 Å². The van der Waals surface area contributed by atoms with Gasteiger partial charge in [0.05, 0.1) is 23.9 Å². The zero-order valence-electron chi connectivity index (χ0n) is 12.4. The standard InChI is InChI=1S/C15H13F2N5OS/c16-12-2-1-3-13(17)11(12)6-22-7-14(20-21-22)15(23)18-5-4-10-8-24-9-19-10/h1-3,7-9H,4-6H2,(H,18,23). The summed E-state index contributed by atoms with van der Waals surface area (Å²) >= 11 is 1.49. The summed E-state index contributed by atoms with van der Waals surface area (Å²) in [5, 5.41) is 12.1. The van der Waals surface area contributed by atoms with Crippen LogP contribution in [0.4, 0.5) is 8.78 Å². The molecule has 0 fully saturated rings. The molecular formula is C15H13F2N5OS. The van der Waals surface area contributed by atoms with Crippen molar-refractivity contribution in [2.45, 2.75) is 13.0 Å². The highest BCUT2D eigenvalue weighted by molar-refractivity contribution is 7.07. The van der Waals surface area contributed by atoms with Gasteiger partial charge in [0.25, 0.3) is 5.91 Å². The molecule has 1 N–H and O–H groups in total. The number of hydrogen-bond acceptors (Lipinski definition) is 5. The van der Waals surface area contributed by atoms with Crippen LogP contribution in [0.25, 0.3) is 0 Å². The Morgan fingerprint density at radius 2 is 2.08 bits per heavy atom. The summed E-state index contributed by atoms with van der Waals surface area (Å²) in [6.45, 7) is 0.273. The lowest BCUT2D eigenvalue weighted by Crippen LogP contribution is -2.26. The van der Waals surface area contributed by atoms with Crippen molar-refractivity contribution >= 4 is 17.2 Å². The van der Waals surface area contributed by atoms with Gasteiger partial charge in [-0.3, -0.25) is 4.79 Å².